The van der Waals surface area contributed by atoms with E-state index >= 15 is 0 Å². The summed E-state index contributed by atoms with van der Waals surface area (Å²) in [6.45, 7) is 11.3. The van der Waals surface area contributed by atoms with E-state index in [0.29, 0.717) is 5.03 Å². The fourth-order valence-corrected chi connectivity index (χ4v) is 1.12. The summed E-state index contributed by atoms with van der Waals surface area (Å²) in [5.41, 5.74) is 1.78. The third-order valence-corrected chi connectivity index (χ3v) is 2.58. The molecule has 3 heteroatoms. The van der Waals surface area contributed by atoms with E-state index in [4.69, 9.17) is 11.6 Å². The maximum Gasteiger partial charge on any atom is 0.0662 e. The van der Waals surface area contributed by atoms with E-state index in [1.165, 1.54) is 0 Å². The van der Waals surface area contributed by atoms with Crippen molar-refractivity contribution in [2.24, 2.45) is 0 Å². The lowest BCUT2D eigenvalue weighted by Gasteiger charge is -2.21. The van der Waals surface area contributed by atoms with Gasteiger partial charge in [-0.1, -0.05) is 30.8 Å². The van der Waals surface area contributed by atoms with Crippen LogP contribution in [-0.4, -0.2) is 32.1 Å². The summed E-state index contributed by atoms with van der Waals surface area (Å²) in [4.78, 5) is 2.02. The molecule has 0 amide bonds. The van der Waals surface area contributed by atoms with Crippen LogP contribution in [0.25, 0.3) is 0 Å². The Bertz CT molecular complexity index is 244. The summed E-state index contributed by atoms with van der Waals surface area (Å²) in [5, 5.41) is 3.75. The van der Waals surface area contributed by atoms with Crippen LogP contribution in [0.3, 0.4) is 0 Å². The maximum absolute atomic E-state index is 6.10. The van der Waals surface area contributed by atoms with Crippen LogP contribution >= 0.6 is 11.6 Å². The van der Waals surface area contributed by atoms with Crippen molar-refractivity contribution in [1.82, 2.24) is 10.2 Å². The van der Waals surface area contributed by atoms with E-state index in [2.05, 4.69) is 18.5 Å². The predicted octanol–water partition coefficient (Wildman–Crippen LogP) is 2.35. The van der Waals surface area contributed by atoms with E-state index in [-0.39, 0.29) is 0 Å². The average Bonchev–Trinajstić information content (AvgIpc) is 2.22. The molecule has 0 spiro atoms. The van der Waals surface area contributed by atoms with Gasteiger partial charge in [-0.05, 0) is 19.5 Å². The van der Waals surface area contributed by atoms with Crippen LogP contribution in [-0.2, 0) is 0 Å². The molecule has 0 radical (unpaired) electrons. The first-order valence-electron chi connectivity index (χ1n) is 4.58. The van der Waals surface area contributed by atoms with Gasteiger partial charge in [-0.2, -0.15) is 0 Å². The molecular weight excluding hydrogens is 196 g/mol. The molecule has 0 aliphatic carbocycles. The van der Waals surface area contributed by atoms with Crippen LogP contribution in [0.15, 0.2) is 35.5 Å². The summed E-state index contributed by atoms with van der Waals surface area (Å²) in [5.74, 6) is 0. The van der Waals surface area contributed by atoms with Crippen molar-refractivity contribution in [2.75, 3.05) is 27.2 Å². The van der Waals surface area contributed by atoms with E-state index in [0.717, 1.165) is 24.4 Å². The Morgan fingerprint density at radius 2 is 2.14 bits per heavy atom. The summed E-state index contributed by atoms with van der Waals surface area (Å²) in [6.07, 6.45) is 1.74. The Morgan fingerprint density at radius 3 is 2.57 bits per heavy atom. The van der Waals surface area contributed by atoms with Gasteiger partial charge in [0.2, 0.25) is 0 Å². The molecule has 0 aromatic heterocycles. The minimum atomic E-state index is 0.679. The molecule has 0 atom stereocenters. The highest BCUT2D eigenvalue weighted by molar-refractivity contribution is 6.32. The second kappa shape index (κ2) is 6.68. The standard InChI is InChI=1S/C11H19ClN2/c1-6-9(2)11(12)10(3)14(5)8-7-13-4/h6,13H,1,3,7-8H2,2,4-5H3/b11-9+. The van der Waals surface area contributed by atoms with Crippen molar-refractivity contribution in [1.29, 1.82) is 0 Å². The van der Waals surface area contributed by atoms with Crippen LogP contribution in [0.1, 0.15) is 6.92 Å². The molecule has 14 heavy (non-hydrogen) atoms. The van der Waals surface area contributed by atoms with Crippen molar-refractivity contribution < 1.29 is 0 Å². The lowest BCUT2D eigenvalue weighted by atomic mass is 10.2. The van der Waals surface area contributed by atoms with Crippen LogP contribution in [0.4, 0.5) is 0 Å². The Hall–Kier alpha value is -0.730. The zero-order chi connectivity index (χ0) is 11.1. The van der Waals surface area contributed by atoms with E-state index < -0.39 is 0 Å². The average molecular weight is 215 g/mol. The first kappa shape index (κ1) is 13.3. The monoisotopic (exact) mass is 214 g/mol. The Kier molecular flexibility index (Phi) is 6.34. The molecule has 0 saturated heterocycles. The molecule has 0 aromatic rings. The van der Waals surface area contributed by atoms with Crippen LogP contribution in [0.2, 0.25) is 0 Å². The molecule has 0 unspecified atom stereocenters. The Labute approximate surface area is 91.9 Å². The third kappa shape index (κ3) is 3.99. The van der Waals surface area contributed by atoms with Crippen molar-refractivity contribution in [3.05, 3.63) is 35.5 Å². The van der Waals surface area contributed by atoms with Gasteiger partial charge in [-0.3, -0.25) is 0 Å². The molecule has 0 rings (SSSR count). The number of halogens is 1. The van der Waals surface area contributed by atoms with Crippen LogP contribution in [0.5, 0.6) is 0 Å². The second-order valence-corrected chi connectivity index (χ2v) is 3.55. The number of nitrogens with zero attached hydrogens (tertiary/aromatic N) is 1. The normalized spacial score (nSPS) is 12.0. The van der Waals surface area contributed by atoms with Gasteiger partial charge in [0.25, 0.3) is 0 Å². The number of hydrogen-bond donors (Lipinski definition) is 1. The zero-order valence-electron chi connectivity index (χ0n) is 9.23. The van der Waals surface area contributed by atoms with Gasteiger partial charge in [0.15, 0.2) is 0 Å². The second-order valence-electron chi connectivity index (χ2n) is 3.17. The van der Waals surface area contributed by atoms with Gasteiger partial charge in [0.1, 0.15) is 0 Å². The Balaban J connectivity index is 4.39. The summed E-state index contributed by atoms with van der Waals surface area (Å²) in [6, 6.07) is 0. The lowest BCUT2D eigenvalue weighted by Crippen LogP contribution is -2.26. The SMILES string of the molecule is C=C/C(C)=C(/Cl)C(=C)N(C)CCNC. The van der Waals surface area contributed by atoms with Gasteiger partial charge in [0, 0.05) is 25.8 Å². The highest BCUT2D eigenvalue weighted by Crippen LogP contribution is 2.20. The minimum Gasteiger partial charge on any atom is -0.373 e. The number of rotatable bonds is 6. The molecule has 0 aromatic carbocycles. The largest absolute Gasteiger partial charge is 0.373 e. The van der Waals surface area contributed by atoms with E-state index in [1.807, 2.05) is 25.9 Å². The smallest absolute Gasteiger partial charge is 0.0662 e. The molecule has 0 heterocycles. The van der Waals surface area contributed by atoms with Crippen molar-refractivity contribution in [2.45, 2.75) is 6.92 Å². The summed E-state index contributed by atoms with van der Waals surface area (Å²) >= 11 is 6.10. The minimum absolute atomic E-state index is 0.679. The number of allylic oxidation sites excluding steroid dienone is 3. The quantitative estimate of drug-likeness (QED) is 0.683. The summed E-state index contributed by atoms with van der Waals surface area (Å²) in [7, 11) is 3.89. The van der Waals surface area contributed by atoms with E-state index in [1.54, 1.807) is 6.08 Å². The molecule has 0 aliphatic rings. The Morgan fingerprint density at radius 1 is 1.57 bits per heavy atom. The first-order valence-corrected chi connectivity index (χ1v) is 4.96. The van der Waals surface area contributed by atoms with Gasteiger partial charge < -0.3 is 10.2 Å². The predicted molar refractivity (Wildman–Crippen MR) is 64.4 cm³/mol. The molecule has 0 aliphatic heterocycles. The van der Waals surface area contributed by atoms with Crippen molar-refractivity contribution in [3.63, 3.8) is 0 Å². The van der Waals surface area contributed by atoms with Crippen molar-refractivity contribution >= 4 is 11.6 Å². The number of likely N-dealkylation sites (N-methyl/N-ethyl adjacent to an activating group) is 2. The van der Waals surface area contributed by atoms with Crippen LogP contribution in [0, 0.1) is 0 Å². The lowest BCUT2D eigenvalue weighted by molar-refractivity contribution is 0.427. The molecule has 2 nitrogen and oxygen atoms in total. The van der Waals surface area contributed by atoms with Gasteiger partial charge in [-0.15, -0.1) is 0 Å². The maximum atomic E-state index is 6.10. The molecule has 0 saturated carbocycles. The van der Waals surface area contributed by atoms with Gasteiger partial charge >= 0.3 is 0 Å². The highest BCUT2D eigenvalue weighted by Gasteiger charge is 2.06. The first-order chi connectivity index (χ1) is 6.54. The van der Waals surface area contributed by atoms with Gasteiger partial charge in [0.05, 0.1) is 5.03 Å². The molecule has 0 fully saturated rings. The topological polar surface area (TPSA) is 15.3 Å². The molecule has 80 valence electrons. The fraction of sp³-hybridized carbons (Fsp3) is 0.455. The van der Waals surface area contributed by atoms with Crippen molar-refractivity contribution in [3.8, 4) is 0 Å². The fourth-order valence-electron chi connectivity index (χ4n) is 0.899. The zero-order valence-corrected chi connectivity index (χ0v) is 9.99. The summed E-state index contributed by atoms with van der Waals surface area (Å²) < 4.78 is 0. The number of hydrogen-bond acceptors (Lipinski definition) is 2. The van der Waals surface area contributed by atoms with Gasteiger partial charge in [-0.25, -0.2) is 0 Å². The highest BCUT2D eigenvalue weighted by atomic mass is 35.5. The third-order valence-electron chi connectivity index (χ3n) is 2.06. The molecule has 0 bridgehead atoms. The van der Waals surface area contributed by atoms with Crippen LogP contribution < -0.4 is 5.32 Å². The van der Waals surface area contributed by atoms with E-state index in [9.17, 15) is 0 Å². The number of nitrogens with one attached hydrogen (secondary N) is 1. The molecular formula is C11H19ClN2. The molecule has 1 N–H and O–H groups in total.